The van der Waals surface area contributed by atoms with Crippen LogP contribution in [-0.4, -0.2) is 611 Å². The number of hydrogen-bond donors (Lipinski definition) is 35. The van der Waals surface area contributed by atoms with Crippen LogP contribution >= 0.6 is 0 Å². The predicted octanol–water partition coefficient (Wildman–Crippen LogP) is -20.6. The Balaban J connectivity index is 0.000000338. The fourth-order valence-corrected chi connectivity index (χ4v) is 17.5. The summed E-state index contributed by atoms with van der Waals surface area (Å²) in [7, 11) is 2.32. The molecule has 21 unspecified atom stereocenters. The van der Waals surface area contributed by atoms with Crippen LogP contribution in [-0.2, 0) is 123 Å². The summed E-state index contributed by atoms with van der Waals surface area (Å²) in [4.78, 5) is 37.2. The van der Waals surface area contributed by atoms with Gasteiger partial charge in [0, 0.05) is 34.0 Å². The van der Waals surface area contributed by atoms with Gasteiger partial charge in [0.25, 0.3) is 6.47 Å². The zero-order valence-electron chi connectivity index (χ0n) is 80.8. The molecule has 11 saturated heterocycles. The maximum Gasteiger partial charge on any atom is 0.332 e. The van der Waals surface area contributed by atoms with Crippen LogP contribution in [0.15, 0.2) is 0 Å². The molecule has 850 valence electrons. The van der Waals surface area contributed by atoms with E-state index in [1.165, 1.54) is 14.0 Å². The van der Waals surface area contributed by atoms with Crippen LogP contribution in [0.25, 0.3) is 0 Å². The molecule has 0 saturated carbocycles. The van der Waals surface area contributed by atoms with E-state index in [-0.39, 0.29) is 6.47 Å². The Morgan fingerprint density at radius 2 is 0.552 bits per heavy atom. The highest BCUT2D eigenvalue weighted by Crippen LogP contribution is 2.44. The monoisotopic (exact) mass is 2130 g/mol. The van der Waals surface area contributed by atoms with Gasteiger partial charge in [-0.05, 0) is 11.8 Å². The van der Waals surface area contributed by atoms with Gasteiger partial charge < -0.3 is 288 Å². The number of methoxy groups -OCH3 is 2. The number of aliphatic hydroxyl groups is 33. The number of aliphatic hydroxyl groups excluding tert-OH is 33. The molecule has 2 amide bonds. The summed E-state index contributed by atoms with van der Waals surface area (Å²) in [6, 6.07) is -3.52. The molecule has 145 heavy (non-hydrogen) atoms. The molecule has 0 aromatic carbocycles. The Hall–Kier alpha value is -3.79. The molecule has 0 bridgehead atoms. The van der Waals surface area contributed by atoms with Crippen LogP contribution in [0, 0.1) is 17.8 Å². The van der Waals surface area contributed by atoms with Crippen molar-refractivity contribution in [1.82, 2.24) is 10.6 Å². The van der Waals surface area contributed by atoms with Crippen molar-refractivity contribution in [2.45, 2.75) is 406 Å². The number of carbonyl (C=O) groups excluding carboxylic acids is 3. The van der Waals surface area contributed by atoms with Gasteiger partial charge in [0.05, 0.1) is 91.3 Å². The van der Waals surface area contributed by atoms with Gasteiger partial charge in [0.15, 0.2) is 62.9 Å². The fourth-order valence-electron chi connectivity index (χ4n) is 17.5. The van der Waals surface area contributed by atoms with Gasteiger partial charge in [0.1, 0.15) is 256 Å². The van der Waals surface area contributed by atoms with Crippen LogP contribution in [0.4, 0.5) is 0 Å². The molecule has 56 atom stereocenters. The van der Waals surface area contributed by atoms with E-state index in [1.807, 2.05) is 0 Å². The molecule has 11 aliphatic heterocycles. The Morgan fingerprint density at radius 1 is 0.317 bits per heavy atom. The first-order chi connectivity index (χ1) is 68.4. The lowest BCUT2D eigenvalue weighted by Gasteiger charge is -2.51. The van der Waals surface area contributed by atoms with E-state index in [1.54, 1.807) is 0 Å². The van der Waals surface area contributed by atoms with Gasteiger partial charge in [0.2, 0.25) is 11.8 Å². The lowest BCUT2D eigenvalue weighted by molar-refractivity contribution is -0.448. The molecule has 61 nitrogen and oxygen atoms in total. The molecule has 0 aromatic rings. The highest BCUT2D eigenvalue weighted by molar-refractivity contribution is 5.73. The molecule has 0 radical (unpaired) electrons. The topological polar surface area (TPSA) is 955 Å². The molecule has 11 fully saturated rings. The molecule has 11 heterocycles. The minimum Gasteiger partial charge on any atom is -0.410 e. The Labute approximate surface area is 828 Å². The van der Waals surface area contributed by atoms with E-state index >= 15 is 0 Å². The van der Waals surface area contributed by atoms with E-state index in [0.717, 1.165) is 32.8 Å². The number of nitrogens with one attached hydrogen (secondary N) is 2. The van der Waals surface area contributed by atoms with Gasteiger partial charge in [-0.15, -0.1) is 0 Å². The lowest BCUT2D eigenvalue weighted by atomic mass is 9.86. The van der Waals surface area contributed by atoms with Crippen LogP contribution in [0.5, 0.6) is 0 Å². The number of hydrogen-bond acceptors (Lipinski definition) is 59. The molecule has 0 spiro atoms. The van der Waals surface area contributed by atoms with Gasteiger partial charge in [-0.2, -0.15) is 0 Å². The highest BCUT2D eigenvalue weighted by Gasteiger charge is 2.64. The summed E-state index contributed by atoms with van der Waals surface area (Å²) in [6.45, 7) is 5.72. The van der Waals surface area contributed by atoms with Crippen LogP contribution in [0.2, 0.25) is 0 Å². The Kier molecular flexibility index (Phi) is 50.2. The van der Waals surface area contributed by atoms with Gasteiger partial charge in [-0.1, -0.05) is 48.5 Å². The smallest absolute Gasteiger partial charge is 0.332 e. The van der Waals surface area contributed by atoms with E-state index in [9.17, 15) is 183 Å². The molecular weight excluding hydrogens is 1980 g/mol. The van der Waals surface area contributed by atoms with E-state index < -0.39 is 434 Å². The van der Waals surface area contributed by atoms with E-state index in [4.69, 9.17) is 109 Å². The molecule has 35 N–H and O–H groups in total. The normalized spacial score (nSPS) is 47.1. The fraction of sp³-hybridized carbons (Fsp3) is 0.964. The summed E-state index contributed by atoms with van der Waals surface area (Å²) in [6.07, 6.45) is -97.1. The molecule has 11 aliphatic rings. The van der Waals surface area contributed by atoms with Gasteiger partial charge >= 0.3 is 5.97 Å². The molecule has 61 heteroatoms. The van der Waals surface area contributed by atoms with Crippen molar-refractivity contribution in [2.75, 3.05) is 86.9 Å². The summed E-state index contributed by atoms with van der Waals surface area (Å²) >= 11 is 0. The van der Waals surface area contributed by atoms with E-state index in [2.05, 4.69) is 52.2 Å². The quantitative estimate of drug-likeness (QED) is 0.0203. The Bertz CT molecular complexity index is 3710. The third-order valence-electron chi connectivity index (χ3n) is 25.2. The van der Waals surface area contributed by atoms with Gasteiger partial charge in [-0.25, -0.2) is 0 Å². The van der Waals surface area contributed by atoms with Crippen molar-refractivity contribution >= 4 is 18.3 Å². The largest absolute Gasteiger partial charge is 0.410 e. The van der Waals surface area contributed by atoms with Crippen molar-refractivity contribution in [3.05, 3.63) is 0 Å². The second-order valence-electron chi connectivity index (χ2n) is 37.7. The zero-order chi connectivity index (χ0) is 108. The first-order valence-corrected chi connectivity index (χ1v) is 46.9. The summed E-state index contributed by atoms with van der Waals surface area (Å²) < 4.78 is 129. The van der Waals surface area contributed by atoms with Crippen molar-refractivity contribution in [3.63, 3.8) is 0 Å². The predicted molar refractivity (Wildman–Crippen MR) is 459 cm³/mol. The SMILES string of the molecule is CC(C)C.CC(C)C.CO[C@@H]1OC(CO)[C@@H](O[C@@H]2OC(CO)[C@H](O[C@H]3OC(CO)[C@H](O)[C@H](O[C@@H]4OC(CO)[C@H](O)[C@H](O[C@@H]5OC(CO)[C@H](O)[C@H](O)C5O)C4NC(C)=O)C3O)[C@H](O)C2O)[C@H](O)C1O.CO[C@@H]1OC(CO)[C@@H](O[C@@H]2OC(CO)[C@H](O[C@H]3OC(CO)[C@H](O)[C@H](O[C@@H]4OC(CO)[C@H](O)[C@H](O[C@@H]5OC(CO)[C@H](O)[C@H](O[C@]6(OC=O)C[C@@H](O)[C@@H](C)C([C@H](O)[C@H](O)CO)O6)C5O)C4NC(C)=O)C3O)[C@H](O)C2O)[C@H](O)C1O. The lowest BCUT2D eigenvalue weighted by Crippen LogP contribution is -2.70. The molecular formula is C84H150N2O59. The third kappa shape index (κ3) is 30.3. The Morgan fingerprint density at radius 3 is 0.834 bits per heavy atom. The summed E-state index contributed by atoms with van der Waals surface area (Å²) in [5.74, 6) is -3.87. The standard InChI is InChI=1S/C43H73NO33.C33H57NO26.2C4H10/c1-12-14(53)4-43(66-11-51,76-32(12)22(55)15(54)5-45)77-37-25(58)18(8-48)69-42(31(37)64)74-35-21(44-13(2)52)38(67-16(6-46)23(35)56)75-36-24(57)17(7-47)68-41(30(36)63)73-34-20(10-50)71-40(29(62)27(34)60)72-33-19(9-49)70-39(65-3)28(61)26(33)59;1-8(40)34-14-27(59-31-21(47)18(44)15(41)9(3-35)53-31)16(42)10(4-36)52-29(14)60-28-17(43)11(5-37)54-33(24(28)50)58-26-13(7-39)56-32(23(49)20(26)46)57-25-12(6-38)55-30(51-2)22(48)19(25)45;2*1-4(2)3/h11-12,14-42,45-50,53-64H,4-10H2,1-3H3,(H,44,52);9-33,35-39,41-50H,3-7H2,1-2H3,(H,34,40);2*4H,1-3H3/t12-,14-,15-,16?,17?,18?,19?,20?,21?,22-,23+,24+,25+,26-,27-,28?,29?,30?,31?,32?,33-,34+,35-,36+,37+,38+,39-,40+,41-,42+,43+;9?,10?,11?,12?,13?,14?,15-,16-,17-,18-,19+,20+,21?,22?,23?,24?,25+,26-,27+,28-,29-,30+,31-,32-,33+;;/m10../s1. The third-order valence-corrected chi connectivity index (χ3v) is 25.2. The highest BCUT2D eigenvalue weighted by atomic mass is 16.9. The maximum absolute atomic E-state index is 12.8. The average molecular weight is 2130 g/mol. The molecule has 0 aromatic heterocycles. The molecule has 0 aliphatic carbocycles. The second kappa shape index (κ2) is 57.6. The van der Waals surface area contributed by atoms with E-state index in [0.29, 0.717) is 0 Å². The average Bonchev–Trinajstić information content (AvgIpc) is 0.761. The first-order valence-electron chi connectivity index (χ1n) is 46.9. The minimum atomic E-state index is -2.79. The van der Waals surface area contributed by atoms with Crippen LogP contribution < -0.4 is 10.6 Å². The van der Waals surface area contributed by atoms with Crippen molar-refractivity contribution in [3.8, 4) is 0 Å². The van der Waals surface area contributed by atoms with Crippen molar-refractivity contribution < 1.29 is 292 Å². The number of ether oxygens (including phenoxy) is 23. The second-order valence-corrected chi connectivity index (χ2v) is 37.7. The maximum atomic E-state index is 12.8. The van der Waals surface area contributed by atoms with Crippen molar-refractivity contribution in [2.24, 2.45) is 17.8 Å². The van der Waals surface area contributed by atoms with Crippen molar-refractivity contribution in [1.29, 1.82) is 0 Å². The van der Waals surface area contributed by atoms with Crippen LogP contribution in [0.3, 0.4) is 0 Å². The summed E-state index contributed by atoms with van der Waals surface area (Å²) in [5, 5.41) is 357. The van der Waals surface area contributed by atoms with Gasteiger partial charge in [-0.3, -0.25) is 14.4 Å². The number of amides is 2. The zero-order valence-corrected chi connectivity index (χ0v) is 80.8. The first kappa shape index (κ1) is 126. The van der Waals surface area contributed by atoms with Crippen LogP contribution in [0.1, 0.15) is 68.7 Å². The number of carbonyl (C=O) groups is 3. The minimum absolute atomic E-state index is 0.212. The molecule has 11 rings (SSSR count). The summed E-state index contributed by atoms with van der Waals surface area (Å²) in [5.41, 5.74) is 0. The number of rotatable bonds is 37.